The lowest BCUT2D eigenvalue weighted by Crippen LogP contribution is -2.53. The minimum atomic E-state index is -3.71. The van der Waals surface area contributed by atoms with Gasteiger partial charge < -0.3 is 9.47 Å². The monoisotopic (exact) mass is 389 g/mol. The van der Waals surface area contributed by atoms with Gasteiger partial charge in [0.1, 0.15) is 0 Å². The zero-order chi connectivity index (χ0) is 19.2. The first-order chi connectivity index (χ1) is 12.9. The van der Waals surface area contributed by atoms with Gasteiger partial charge in [-0.1, -0.05) is 30.3 Å². The number of carbonyl (C=O) groups excluding carboxylic acids is 1. The van der Waals surface area contributed by atoms with Crippen LogP contribution in [-0.2, 0) is 24.3 Å². The molecular weight excluding hydrogens is 366 g/mol. The topological polar surface area (TPSA) is 72.9 Å². The van der Waals surface area contributed by atoms with Crippen LogP contribution in [0.4, 0.5) is 0 Å². The number of hydrogen-bond donors (Lipinski definition) is 0. The van der Waals surface area contributed by atoms with Crippen molar-refractivity contribution in [2.45, 2.75) is 55.4 Å². The molecule has 0 bridgehead atoms. The molecule has 4 atom stereocenters. The molecule has 0 aromatic heterocycles. The molecule has 27 heavy (non-hydrogen) atoms. The number of sulfonamides is 1. The molecule has 0 aliphatic carbocycles. The van der Waals surface area contributed by atoms with E-state index in [4.69, 9.17) is 9.47 Å². The van der Waals surface area contributed by atoms with Crippen LogP contribution in [0.15, 0.2) is 47.4 Å². The molecule has 2 heterocycles. The molecule has 144 valence electrons. The summed E-state index contributed by atoms with van der Waals surface area (Å²) in [6.45, 7) is 1.92. The zero-order valence-corrected chi connectivity index (χ0v) is 16.2. The number of ether oxygens (including phenoxy) is 2. The molecule has 7 heteroatoms. The van der Waals surface area contributed by atoms with E-state index in [9.17, 15) is 13.2 Å². The van der Waals surface area contributed by atoms with E-state index in [1.807, 2.05) is 37.3 Å². The average Bonchev–Trinajstić information content (AvgIpc) is 3.10. The van der Waals surface area contributed by atoms with E-state index in [1.165, 1.54) is 7.11 Å². The number of fused-ring (bicyclic) bond motifs is 2. The van der Waals surface area contributed by atoms with Gasteiger partial charge in [-0.05, 0) is 42.7 Å². The summed E-state index contributed by atoms with van der Waals surface area (Å²) < 4.78 is 39.1. The Morgan fingerprint density at radius 3 is 2.63 bits per heavy atom. The predicted molar refractivity (Wildman–Crippen MR) is 101 cm³/mol. The maximum absolute atomic E-state index is 13.5. The Kier molecular flexibility index (Phi) is 4.70. The standard InChI is InChI=1S/C20H23NO5S/c1-13-7-10-18-17(12-19(26-18)20(22)25-2)21(13)27(23,24)16-9-8-14-5-3-4-6-15(14)11-16/h3-6,8-9,11,13,17-19H,7,10,12H2,1-2H3. The largest absolute Gasteiger partial charge is 0.467 e. The van der Waals surface area contributed by atoms with Crippen LogP contribution in [0, 0.1) is 0 Å². The van der Waals surface area contributed by atoms with Gasteiger partial charge >= 0.3 is 5.97 Å². The van der Waals surface area contributed by atoms with E-state index in [1.54, 1.807) is 16.4 Å². The molecule has 2 aliphatic heterocycles. The summed E-state index contributed by atoms with van der Waals surface area (Å²) in [6, 6.07) is 12.4. The summed E-state index contributed by atoms with van der Waals surface area (Å²) in [7, 11) is -2.39. The number of esters is 1. The van der Waals surface area contributed by atoms with Crippen LogP contribution in [0.5, 0.6) is 0 Å². The lowest BCUT2D eigenvalue weighted by Gasteiger charge is -2.40. The Balaban J connectivity index is 1.71. The molecule has 0 amide bonds. The summed E-state index contributed by atoms with van der Waals surface area (Å²) in [5.41, 5.74) is 0. The highest BCUT2D eigenvalue weighted by atomic mass is 32.2. The summed E-state index contributed by atoms with van der Waals surface area (Å²) in [4.78, 5) is 12.2. The highest BCUT2D eigenvalue weighted by Crippen LogP contribution is 2.39. The van der Waals surface area contributed by atoms with Crippen LogP contribution in [0.1, 0.15) is 26.2 Å². The van der Waals surface area contributed by atoms with Crippen molar-refractivity contribution in [1.82, 2.24) is 4.31 Å². The maximum Gasteiger partial charge on any atom is 0.335 e. The third-order valence-corrected chi connectivity index (χ3v) is 7.65. The van der Waals surface area contributed by atoms with Gasteiger partial charge in [0.25, 0.3) is 0 Å². The number of carbonyl (C=O) groups is 1. The Morgan fingerprint density at radius 1 is 1.15 bits per heavy atom. The number of methoxy groups -OCH3 is 1. The number of piperidine rings is 1. The van der Waals surface area contributed by atoms with E-state index < -0.39 is 22.1 Å². The molecule has 0 N–H and O–H groups in total. The lowest BCUT2D eigenvalue weighted by molar-refractivity contribution is -0.153. The first-order valence-electron chi connectivity index (χ1n) is 9.17. The molecule has 2 saturated heterocycles. The van der Waals surface area contributed by atoms with Crippen LogP contribution < -0.4 is 0 Å². The third-order valence-electron chi connectivity index (χ3n) is 5.61. The summed E-state index contributed by atoms with van der Waals surface area (Å²) >= 11 is 0. The van der Waals surface area contributed by atoms with Crippen LogP contribution in [0.3, 0.4) is 0 Å². The third kappa shape index (κ3) is 3.13. The molecule has 0 spiro atoms. The number of hydrogen-bond acceptors (Lipinski definition) is 5. The van der Waals surface area contributed by atoms with Crippen molar-refractivity contribution in [3.05, 3.63) is 42.5 Å². The van der Waals surface area contributed by atoms with Crippen molar-refractivity contribution < 1.29 is 22.7 Å². The summed E-state index contributed by atoms with van der Waals surface area (Å²) in [5, 5.41) is 1.88. The summed E-state index contributed by atoms with van der Waals surface area (Å²) in [5.74, 6) is -0.444. The average molecular weight is 389 g/mol. The highest BCUT2D eigenvalue weighted by Gasteiger charge is 2.50. The van der Waals surface area contributed by atoms with Crippen molar-refractivity contribution in [1.29, 1.82) is 0 Å². The van der Waals surface area contributed by atoms with Crippen molar-refractivity contribution >= 4 is 26.8 Å². The Bertz CT molecular complexity index is 973. The highest BCUT2D eigenvalue weighted by molar-refractivity contribution is 7.89. The number of nitrogens with zero attached hydrogens (tertiary/aromatic N) is 1. The van der Waals surface area contributed by atoms with Gasteiger partial charge in [0, 0.05) is 12.5 Å². The minimum absolute atomic E-state index is 0.150. The van der Waals surface area contributed by atoms with Gasteiger partial charge in [0.05, 0.1) is 24.2 Å². The Hall–Kier alpha value is -1.96. The van der Waals surface area contributed by atoms with E-state index >= 15 is 0 Å². The first-order valence-corrected chi connectivity index (χ1v) is 10.6. The van der Waals surface area contributed by atoms with Crippen molar-refractivity contribution in [3.63, 3.8) is 0 Å². The van der Waals surface area contributed by atoms with Crippen LogP contribution in [0.25, 0.3) is 10.8 Å². The molecule has 4 rings (SSSR count). The van der Waals surface area contributed by atoms with Gasteiger partial charge in [-0.2, -0.15) is 4.31 Å². The molecule has 0 radical (unpaired) electrons. The number of benzene rings is 2. The quantitative estimate of drug-likeness (QED) is 0.755. The SMILES string of the molecule is COC(=O)C1CC2C(CCC(C)N2S(=O)(=O)c2ccc3ccccc3c2)O1. The Morgan fingerprint density at radius 2 is 1.89 bits per heavy atom. The lowest BCUT2D eigenvalue weighted by atomic mass is 9.95. The van der Waals surface area contributed by atoms with Crippen LogP contribution >= 0.6 is 0 Å². The van der Waals surface area contributed by atoms with E-state index in [0.29, 0.717) is 12.8 Å². The van der Waals surface area contributed by atoms with Gasteiger partial charge in [0.15, 0.2) is 6.10 Å². The second-order valence-corrected chi connectivity index (χ2v) is 9.10. The molecule has 4 unspecified atom stereocenters. The van der Waals surface area contributed by atoms with E-state index in [2.05, 4.69) is 0 Å². The molecule has 2 fully saturated rings. The molecular formula is C20H23NO5S. The van der Waals surface area contributed by atoms with Crippen LogP contribution in [-0.4, -0.2) is 50.1 Å². The second-order valence-electron chi connectivity index (χ2n) is 7.26. The normalized spacial score (nSPS) is 28.8. The zero-order valence-electron chi connectivity index (χ0n) is 15.4. The van der Waals surface area contributed by atoms with Gasteiger partial charge in [-0.25, -0.2) is 13.2 Å². The molecule has 2 aromatic rings. The minimum Gasteiger partial charge on any atom is -0.467 e. The smallest absolute Gasteiger partial charge is 0.335 e. The van der Waals surface area contributed by atoms with Gasteiger partial charge in [-0.15, -0.1) is 0 Å². The van der Waals surface area contributed by atoms with E-state index in [-0.39, 0.29) is 23.1 Å². The van der Waals surface area contributed by atoms with Crippen molar-refractivity contribution in [2.75, 3.05) is 7.11 Å². The van der Waals surface area contributed by atoms with E-state index in [0.717, 1.165) is 17.2 Å². The molecule has 6 nitrogen and oxygen atoms in total. The maximum atomic E-state index is 13.5. The molecule has 2 aromatic carbocycles. The molecule has 2 aliphatic rings. The molecule has 0 saturated carbocycles. The van der Waals surface area contributed by atoms with Crippen molar-refractivity contribution in [3.8, 4) is 0 Å². The first kappa shape index (κ1) is 18.4. The second kappa shape index (κ2) is 6.89. The van der Waals surface area contributed by atoms with Crippen molar-refractivity contribution in [2.24, 2.45) is 0 Å². The predicted octanol–water partition coefficient (Wildman–Crippen LogP) is 2.71. The van der Waals surface area contributed by atoms with Gasteiger partial charge in [0.2, 0.25) is 10.0 Å². The fourth-order valence-electron chi connectivity index (χ4n) is 4.26. The fraction of sp³-hybridized carbons (Fsp3) is 0.450. The van der Waals surface area contributed by atoms with Crippen LogP contribution in [0.2, 0.25) is 0 Å². The van der Waals surface area contributed by atoms with Gasteiger partial charge in [-0.3, -0.25) is 0 Å². The summed E-state index contributed by atoms with van der Waals surface area (Å²) in [6.07, 6.45) is 0.782. The Labute approximate surface area is 159 Å². The fourth-order valence-corrected chi connectivity index (χ4v) is 6.18. The number of rotatable bonds is 3.